The highest BCUT2D eigenvalue weighted by Gasteiger charge is 2.16. The highest BCUT2D eigenvalue weighted by molar-refractivity contribution is 5.94. The summed E-state index contributed by atoms with van der Waals surface area (Å²) in [6.07, 6.45) is 1.91. The van der Waals surface area contributed by atoms with Gasteiger partial charge in [0.25, 0.3) is 5.91 Å². The summed E-state index contributed by atoms with van der Waals surface area (Å²) in [5, 5.41) is 2.90. The number of benzene rings is 2. The summed E-state index contributed by atoms with van der Waals surface area (Å²) in [6, 6.07) is 15.2. The van der Waals surface area contributed by atoms with Crippen LogP contribution in [0, 0.1) is 0 Å². The molecule has 1 fully saturated rings. The summed E-state index contributed by atoms with van der Waals surface area (Å²) < 4.78 is 10.8. The van der Waals surface area contributed by atoms with Gasteiger partial charge in [0.05, 0.1) is 7.11 Å². The molecule has 5 heteroatoms. The first-order valence-corrected chi connectivity index (χ1v) is 8.62. The Morgan fingerprint density at radius 3 is 2.20 bits per heavy atom. The summed E-state index contributed by atoms with van der Waals surface area (Å²) in [4.78, 5) is 14.7. The Morgan fingerprint density at radius 1 is 1.00 bits per heavy atom. The molecule has 1 aliphatic heterocycles. The molecule has 0 aliphatic carbocycles. The largest absolute Gasteiger partial charge is 0.497 e. The molecule has 0 saturated carbocycles. The van der Waals surface area contributed by atoms with Gasteiger partial charge in [-0.3, -0.25) is 4.79 Å². The molecule has 1 aliphatic rings. The minimum absolute atomic E-state index is 0.176. The zero-order chi connectivity index (χ0) is 17.6. The first kappa shape index (κ1) is 17.1. The smallest absolute Gasteiger partial charge is 0.265 e. The number of hydrogen-bond donors (Lipinski definition) is 1. The fourth-order valence-corrected chi connectivity index (χ4v) is 2.89. The van der Waals surface area contributed by atoms with E-state index < -0.39 is 6.10 Å². The number of amides is 1. The number of carbonyl (C=O) groups excluding carboxylic acids is 1. The van der Waals surface area contributed by atoms with Gasteiger partial charge in [0, 0.05) is 24.5 Å². The number of nitrogens with zero attached hydrogens (tertiary/aromatic N) is 1. The van der Waals surface area contributed by atoms with E-state index in [2.05, 4.69) is 22.3 Å². The van der Waals surface area contributed by atoms with E-state index in [9.17, 15) is 4.79 Å². The standard InChI is InChI=1S/C20H24N2O3/c1-15(25-19-11-9-18(24-2)10-12-19)20(23)21-16-5-7-17(8-6-16)22-13-3-4-14-22/h5-12,15H,3-4,13-14H2,1-2H3,(H,21,23). The lowest BCUT2D eigenvalue weighted by Crippen LogP contribution is -2.30. The van der Waals surface area contributed by atoms with Crippen molar-refractivity contribution in [3.63, 3.8) is 0 Å². The summed E-state index contributed by atoms with van der Waals surface area (Å²) in [5.74, 6) is 1.21. The molecular formula is C20H24N2O3. The van der Waals surface area contributed by atoms with E-state index in [4.69, 9.17) is 9.47 Å². The van der Waals surface area contributed by atoms with Crippen LogP contribution in [0.15, 0.2) is 48.5 Å². The lowest BCUT2D eigenvalue weighted by Gasteiger charge is -2.18. The Labute approximate surface area is 148 Å². The van der Waals surface area contributed by atoms with E-state index in [1.54, 1.807) is 38.3 Å². The van der Waals surface area contributed by atoms with Crippen molar-refractivity contribution in [2.24, 2.45) is 0 Å². The van der Waals surface area contributed by atoms with Crippen LogP contribution in [0.5, 0.6) is 11.5 Å². The van der Waals surface area contributed by atoms with Crippen molar-refractivity contribution < 1.29 is 14.3 Å². The van der Waals surface area contributed by atoms with E-state index in [1.165, 1.54) is 18.5 Å². The van der Waals surface area contributed by atoms with E-state index in [0.29, 0.717) is 5.75 Å². The molecule has 0 bridgehead atoms. The summed E-state index contributed by atoms with van der Waals surface area (Å²) in [6.45, 7) is 3.95. The van der Waals surface area contributed by atoms with Gasteiger partial charge in [-0.1, -0.05) is 0 Å². The van der Waals surface area contributed by atoms with Gasteiger partial charge in [-0.05, 0) is 68.3 Å². The van der Waals surface area contributed by atoms with Crippen LogP contribution in [0.1, 0.15) is 19.8 Å². The molecule has 5 nitrogen and oxygen atoms in total. The van der Waals surface area contributed by atoms with Crippen molar-refractivity contribution in [3.8, 4) is 11.5 Å². The number of hydrogen-bond acceptors (Lipinski definition) is 4. The fourth-order valence-electron chi connectivity index (χ4n) is 2.89. The minimum atomic E-state index is -0.591. The maximum atomic E-state index is 12.3. The maximum absolute atomic E-state index is 12.3. The van der Waals surface area contributed by atoms with Gasteiger partial charge in [0.2, 0.25) is 0 Å². The highest BCUT2D eigenvalue weighted by Crippen LogP contribution is 2.22. The van der Waals surface area contributed by atoms with E-state index >= 15 is 0 Å². The van der Waals surface area contributed by atoms with E-state index in [0.717, 1.165) is 24.5 Å². The van der Waals surface area contributed by atoms with Gasteiger partial charge in [-0.15, -0.1) is 0 Å². The zero-order valence-corrected chi connectivity index (χ0v) is 14.7. The molecule has 0 spiro atoms. The van der Waals surface area contributed by atoms with E-state index in [-0.39, 0.29) is 5.91 Å². The summed E-state index contributed by atoms with van der Waals surface area (Å²) in [7, 11) is 1.61. The van der Waals surface area contributed by atoms with Crippen LogP contribution in [-0.4, -0.2) is 32.2 Å². The lowest BCUT2D eigenvalue weighted by atomic mass is 10.2. The summed E-state index contributed by atoms with van der Waals surface area (Å²) >= 11 is 0. The van der Waals surface area contributed by atoms with Crippen LogP contribution in [0.25, 0.3) is 0 Å². The molecule has 0 aromatic heterocycles. The van der Waals surface area contributed by atoms with Gasteiger partial charge in [0.1, 0.15) is 11.5 Å². The second kappa shape index (κ2) is 7.92. The Kier molecular flexibility index (Phi) is 5.43. The number of methoxy groups -OCH3 is 1. The molecule has 3 rings (SSSR count). The third-order valence-electron chi connectivity index (χ3n) is 4.35. The molecular weight excluding hydrogens is 316 g/mol. The molecule has 1 N–H and O–H groups in total. The molecule has 25 heavy (non-hydrogen) atoms. The van der Waals surface area contributed by atoms with Crippen LogP contribution < -0.4 is 19.7 Å². The van der Waals surface area contributed by atoms with Crippen LogP contribution in [-0.2, 0) is 4.79 Å². The van der Waals surface area contributed by atoms with Crippen molar-refractivity contribution in [2.75, 3.05) is 30.4 Å². The fraction of sp³-hybridized carbons (Fsp3) is 0.350. The molecule has 0 radical (unpaired) electrons. The van der Waals surface area contributed by atoms with Crippen LogP contribution >= 0.6 is 0 Å². The quantitative estimate of drug-likeness (QED) is 0.871. The first-order chi connectivity index (χ1) is 12.2. The van der Waals surface area contributed by atoms with Gasteiger partial charge in [-0.2, -0.15) is 0 Å². The molecule has 1 saturated heterocycles. The minimum Gasteiger partial charge on any atom is -0.497 e. The second-order valence-electron chi connectivity index (χ2n) is 6.17. The van der Waals surface area contributed by atoms with Crippen molar-refractivity contribution >= 4 is 17.3 Å². The molecule has 1 atom stereocenters. The zero-order valence-electron chi connectivity index (χ0n) is 14.7. The Morgan fingerprint density at radius 2 is 1.60 bits per heavy atom. The SMILES string of the molecule is COc1ccc(OC(C)C(=O)Nc2ccc(N3CCCC3)cc2)cc1. The number of rotatable bonds is 6. The highest BCUT2D eigenvalue weighted by atomic mass is 16.5. The average Bonchev–Trinajstić information content (AvgIpc) is 3.17. The third-order valence-corrected chi connectivity index (χ3v) is 4.35. The van der Waals surface area contributed by atoms with Crippen LogP contribution in [0.4, 0.5) is 11.4 Å². The van der Waals surface area contributed by atoms with Crippen LogP contribution in [0.2, 0.25) is 0 Å². The van der Waals surface area contributed by atoms with Crippen molar-refractivity contribution in [1.29, 1.82) is 0 Å². The van der Waals surface area contributed by atoms with Crippen molar-refractivity contribution in [2.45, 2.75) is 25.9 Å². The van der Waals surface area contributed by atoms with Crippen molar-refractivity contribution in [1.82, 2.24) is 0 Å². The number of anilines is 2. The third kappa shape index (κ3) is 4.44. The maximum Gasteiger partial charge on any atom is 0.265 e. The summed E-state index contributed by atoms with van der Waals surface area (Å²) in [5.41, 5.74) is 1.98. The van der Waals surface area contributed by atoms with E-state index in [1.807, 2.05) is 12.1 Å². The monoisotopic (exact) mass is 340 g/mol. The van der Waals surface area contributed by atoms with Gasteiger partial charge >= 0.3 is 0 Å². The first-order valence-electron chi connectivity index (χ1n) is 8.62. The van der Waals surface area contributed by atoms with Gasteiger partial charge < -0.3 is 19.7 Å². The average molecular weight is 340 g/mol. The Hall–Kier alpha value is -2.69. The van der Waals surface area contributed by atoms with Crippen molar-refractivity contribution in [3.05, 3.63) is 48.5 Å². The predicted molar refractivity (Wildman–Crippen MR) is 99.6 cm³/mol. The number of nitrogens with one attached hydrogen (secondary N) is 1. The Bertz CT molecular complexity index is 692. The molecule has 2 aromatic rings. The molecule has 132 valence electrons. The normalized spacial score (nSPS) is 14.9. The predicted octanol–water partition coefficient (Wildman–Crippen LogP) is 3.70. The molecule has 2 aromatic carbocycles. The molecule has 1 heterocycles. The number of carbonyl (C=O) groups is 1. The van der Waals surface area contributed by atoms with Gasteiger partial charge in [-0.25, -0.2) is 0 Å². The van der Waals surface area contributed by atoms with Gasteiger partial charge in [0.15, 0.2) is 6.10 Å². The Balaban J connectivity index is 1.55. The lowest BCUT2D eigenvalue weighted by molar-refractivity contribution is -0.122. The second-order valence-corrected chi connectivity index (χ2v) is 6.17. The number of ether oxygens (including phenoxy) is 2. The van der Waals surface area contributed by atoms with Crippen LogP contribution in [0.3, 0.4) is 0 Å². The topological polar surface area (TPSA) is 50.8 Å². The molecule has 1 amide bonds. The molecule has 1 unspecified atom stereocenters.